The normalized spacial score (nSPS) is 11.6. The zero-order valence-corrected chi connectivity index (χ0v) is 15.1. The van der Waals surface area contributed by atoms with Gasteiger partial charge in [0.25, 0.3) is 5.91 Å². The van der Waals surface area contributed by atoms with Crippen LogP contribution in [0.4, 0.5) is 5.69 Å². The lowest BCUT2D eigenvalue weighted by atomic mass is 10.2. The molecule has 0 spiro atoms. The Kier molecular flexibility index (Phi) is 6.24. The molecule has 1 amide bonds. The van der Waals surface area contributed by atoms with Crippen molar-refractivity contribution in [1.29, 1.82) is 0 Å². The van der Waals surface area contributed by atoms with E-state index in [0.717, 1.165) is 9.37 Å². The molecule has 0 heterocycles. The first-order valence-corrected chi connectivity index (χ1v) is 8.93. The molecule has 0 bridgehead atoms. The Morgan fingerprint density at radius 1 is 1.09 bits per heavy atom. The van der Waals surface area contributed by atoms with Crippen LogP contribution >= 0.6 is 27.7 Å². The van der Waals surface area contributed by atoms with E-state index >= 15 is 0 Å². The second kappa shape index (κ2) is 8.17. The second-order valence-electron chi connectivity index (χ2n) is 4.77. The van der Waals surface area contributed by atoms with Crippen LogP contribution in [0.25, 0.3) is 0 Å². The van der Waals surface area contributed by atoms with Gasteiger partial charge in [0.05, 0.1) is 5.56 Å². The molecule has 0 aliphatic heterocycles. The van der Waals surface area contributed by atoms with Crippen LogP contribution in [0.15, 0.2) is 57.9 Å². The van der Waals surface area contributed by atoms with Gasteiger partial charge in [-0.15, -0.1) is 11.8 Å². The van der Waals surface area contributed by atoms with Gasteiger partial charge in [0, 0.05) is 15.1 Å². The first-order chi connectivity index (χ1) is 11.0. The van der Waals surface area contributed by atoms with Crippen molar-refractivity contribution in [3.8, 4) is 0 Å². The van der Waals surface area contributed by atoms with Crippen LogP contribution in [-0.4, -0.2) is 24.2 Å². The summed E-state index contributed by atoms with van der Waals surface area (Å²) >= 11 is 4.92. The van der Waals surface area contributed by atoms with Crippen molar-refractivity contribution in [3.63, 3.8) is 0 Å². The van der Waals surface area contributed by atoms with Crippen LogP contribution in [-0.2, 0) is 9.53 Å². The predicted octanol–water partition coefficient (Wildman–Crippen LogP) is 4.36. The lowest BCUT2D eigenvalue weighted by Crippen LogP contribution is -2.29. The van der Waals surface area contributed by atoms with Crippen molar-refractivity contribution in [3.05, 3.63) is 58.6 Å². The minimum absolute atomic E-state index is 0.374. The molecule has 0 aliphatic carbocycles. The Labute approximate surface area is 147 Å². The Hall–Kier alpha value is -1.79. The van der Waals surface area contributed by atoms with Crippen molar-refractivity contribution >= 4 is 45.3 Å². The molecular formula is C17H16BrNO3S. The summed E-state index contributed by atoms with van der Waals surface area (Å²) in [7, 11) is 0. The van der Waals surface area contributed by atoms with Gasteiger partial charge in [-0.1, -0.05) is 15.9 Å². The summed E-state index contributed by atoms with van der Waals surface area (Å²) in [5.41, 5.74) is 1.07. The van der Waals surface area contributed by atoms with E-state index in [-0.39, 0.29) is 5.91 Å². The number of halogens is 1. The van der Waals surface area contributed by atoms with Gasteiger partial charge in [0.1, 0.15) is 0 Å². The minimum atomic E-state index is -0.883. The molecule has 23 heavy (non-hydrogen) atoms. The van der Waals surface area contributed by atoms with Crippen LogP contribution < -0.4 is 5.32 Å². The van der Waals surface area contributed by atoms with Gasteiger partial charge in [-0.25, -0.2) is 4.79 Å². The number of rotatable bonds is 5. The van der Waals surface area contributed by atoms with Crippen LogP contribution in [0.1, 0.15) is 17.3 Å². The Morgan fingerprint density at radius 2 is 1.70 bits per heavy atom. The van der Waals surface area contributed by atoms with Crippen LogP contribution in [0.3, 0.4) is 0 Å². The van der Waals surface area contributed by atoms with E-state index in [1.807, 2.05) is 30.5 Å². The number of carbonyl (C=O) groups is 2. The summed E-state index contributed by atoms with van der Waals surface area (Å²) in [6.07, 6.45) is 1.08. The molecule has 0 aliphatic rings. The fraction of sp³-hybridized carbons (Fsp3) is 0.176. The number of thioether (sulfide) groups is 1. The van der Waals surface area contributed by atoms with E-state index in [0.29, 0.717) is 11.3 Å². The Bertz CT molecular complexity index is 686. The number of anilines is 1. The predicted molar refractivity (Wildman–Crippen MR) is 95.9 cm³/mol. The lowest BCUT2D eigenvalue weighted by Gasteiger charge is -2.13. The van der Waals surface area contributed by atoms with E-state index in [1.165, 1.54) is 0 Å². The molecule has 0 saturated heterocycles. The molecule has 0 aromatic heterocycles. The lowest BCUT2D eigenvalue weighted by molar-refractivity contribution is -0.123. The zero-order chi connectivity index (χ0) is 16.8. The molecule has 0 fully saturated rings. The summed E-state index contributed by atoms with van der Waals surface area (Å²) in [6, 6.07) is 14.2. The smallest absolute Gasteiger partial charge is 0.338 e. The summed E-state index contributed by atoms with van der Waals surface area (Å²) < 4.78 is 6.12. The molecule has 1 atom stereocenters. The Balaban J connectivity index is 1.94. The van der Waals surface area contributed by atoms with Gasteiger partial charge >= 0.3 is 5.97 Å². The highest BCUT2D eigenvalue weighted by molar-refractivity contribution is 9.10. The fourth-order valence-electron chi connectivity index (χ4n) is 1.79. The zero-order valence-electron chi connectivity index (χ0n) is 12.7. The largest absolute Gasteiger partial charge is 0.449 e. The van der Waals surface area contributed by atoms with E-state index in [4.69, 9.17) is 4.74 Å². The first-order valence-electron chi connectivity index (χ1n) is 6.91. The molecule has 1 N–H and O–H groups in total. The van der Waals surface area contributed by atoms with Crippen LogP contribution in [0.5, 0.6) is 0 Å². The van der Waals surface area contributed by atoms with E-state index in [2.05, 4.69) is 21.2 Å². The molecule has 4 nitrogen and oxygen atoms in total. The van der Waals surface area contributed by atoms with Crippen molar-refractivity contribution in [2.24, 2.45) is 0 Å². The number of carbonyl (C=O) groups excluding carboxylic acids is 2. The minimum Gasteiger partial charge on any atom is -0.449 e. The number of ether oxygens (including phenoxy) is 1. The van der Waals surface area contributed by atoms with Gasteiger partial charge < -0.3 is 10.1 Å². The van der Waals surface area contributed by atoms with Gasteiger partial charge in [-0.2, -0.15) is 0 Å². The third kappa shape index (κ3) is 5.11. The fourth-order valence-corrected chi connectivity index (χ4v) is 2.46. The quantitative estimate of drug-likeness (QED) is 0.605. The molecule has 2 rings (SSSR count). The average Bonchev–Trinajstić information content (AvgIpc) is 2.56. The van der Waals surface area contributed by atoms with Gasteiger partial charge in [-0.05, 0) is 61.7 Å². The maximum Gasteiger partial charge on any atom is 0.338 e. The number of esters is 1. The molecule has 120 valence electrons. The molecule has 2 aromatic carbocycles. The van der Waals surface area contributed by atoms with E-state index < -0.39 is 12.1 Å². The van der Waals surface area contributed by atoms with Gasteiger partial charge in [0.15, 0.2) is 6.10 Å². The summed E-state index contributed by atoms with van der Waals surface area (Å²) in [5.74, 6) is -0.891. The summed E-state index contributed by atoms with van der Waals surface area (Å²) in [5, 5.41) is 2.70. The molecule has 2 aromatic rings. The van der Waals surface area contributed by atoms with Crippen molar-refractivity contribution in [2.75, 3.05) is 11.6 Å². The number of benzene rings is 2. The van der Waals surface area contributed by atoms with Crippen molar-refractivity contribution < 1.29 is 14.3 Å². The highest BCUT2D eigenvalue weighted by atomic mass is 79.9. The van der Waals surface area contributed by atoms with Crippen molar-refractivity contribution in [2.45, 2.75) is 17.9 Å². The maximum absolute atomic E-state index is 12.1. The highest BCUT2D eigenvalue weighted by Crippen LogP contribution is 2.17. The standard InChI is InChI=1S/C17H16BrNO3S/c1-11(16(20)19-14-7-5-13(18)6-8-14)22-17(21)12-3-9-15(23-2)10-4-12/h3-11H,1-2H3,(H,19,20)/t11-/m0/s1. The third-order valence-corrected chi connectivity index (χ3v) is 4.36. The first kappa shape index (κ1) is 17.6. The van der Waals surface area contributed by atoms with Crippen LogP contribution in [0.2, 0.25) is 0 Å². The van der Waals surface area contributed by atoms with Gasteiger partial charge in [-0.3, -0.25) is 4.79 Å². The van der Waals surface area contributed by atoms with E-state index in [1.54, 1.807) is 43.0 Å². The van der Waals surface area contributed by atoms with E-state index in [9.17, 15) is 9.59 Å². The van der Waals surface area contributed by atoms with Crippen molar-refractivity contribution in [1.82, 2.24) is 0 Å². The average molecular weight is 394 g/mol. The number of nitrogens with one attached hydrogen (secondary N) is 1. The molecule has 6 heteroatoms. The number of hydrogen-bond acceptors (Lipinski definition) is 4. The molecule has 0 unspecified atom stereocenters. The monoisotopic (exact) mass is 393 g/mol. The summed E-state index contributed by atoms with van der Waals surface area (Å²) in [6.45, 7) is 1.54. The molecule has 0 radical (unpaired) electrons. The topological polar surface area (TPSA) is 55.4 Å². The number of hydrogen-bond donors (Lipinski definition) is 1. The maximum atomic E-state index is 12.1. The van der Waals surface area contributed by atoms with Gasteiger partial charge in [0.2, 0.25) is 0 Å². The SMILES string of the molecule is CSc1ccc(C(=O)O[C@@H](C)C(=O)Nc2ccc(Br)cc2)cc1. The second-order valence-corrected chi connectivity index (χ2v) is 6.57. The highest BCUT2D eigenvalue weighted by Gasteiger charge is 2.19. The van der Waals surface area contributed by atoms with Crippen LogP contribution in [0, 0.1) is 0 Å². The molecular weight excluding hydrogens is 378 g/mol. The molecule has 0 saturated carbocycles. The third-order valence-electron chi connectivity index (χ3n) is 3.09. The Morgan fingerprint density at radius 3 is 2.26 bits per heavy atom. The summed E-state index contributed by atoms with van der Waals surface area (Å²) in [4.78, 5) is 25.2. The number of amides is 1.